The predicted molar refractivity (Wildman–Crippen MR) is 83.7 cm³/mol. The van der Waals surface area contributed by atoms with Crippen molar-refractivity contribution in [2.45, 2.75) is 43.8 Å². The van der Waals surface area contributed by atoms with E-state index in [0.29, 0.717) is 11.1 Å². The first-order valence-electron chi connectivity index (χ1n) is 7.33. The summed E-state index contributed by atoms with van der Waals surface area (Å²) in [6, 6.07) is 0.961. The molecule has 0 saturated heterocycles. The van der Waals surface area contributed by atoms with Crippen LogP contribution in [-0.2, 0) is 4.79 Å². The molecule has 1 aliphatic rings. The maximum atomic E-state index is 11.8. The lowest BCUT2D eigenvalue weighted by Gasteiger charge is -2.29. The molecule has 3 N–H and O–H groups in total. The molecular formula is C14H20N4O3S. The molecule has 120 valence electrons. The van der Waals surface area contributed by atoms with Gasteiger partial charge in [-0.25, -0.2) is 9.78 Å². The molecule has 1 aromatic rings. The van der Waals surface area contributed by atoms with Crippen molar-refractivity contribution in [1.82, 2.24) is 20.6 Å². The number of amides is 3. The second kappa shape index (κ2) is 7.98. The maximum Gasteiger partial charge on any atom is 0.321 e. The second-order valence-corrected chi connectivity index (χ2v) is 6.38. The summed E-state index contributed by atoms with van der Waals surface area (Å²) in [4.78, 5) is 41.0. The minimum atomic E-state index is -0.459. The number of nitrogens with zero attached hydrogens (tertiary/aromatic N) is 1. The summed E-state index contributed by atoms with van der Waals surface area (Å²) in [7, 11) is 0. The molecule has 22 heavy (non-hydrogen) atoms. The molecule has 8 heteroatoms. The lowest BCUT2D eigenvalue weighted by molar-refractivity contribution is -0.117. The van der Waals surface area contributed by atoms with Gasteiger partial charge in [-0.3, -0.25) is 14.9 Å². The van der Waals surface area contributed by atoms with Gasteiger partial charge in [0.25, 0.3) is 5.56 Å². The summed E-state index contributed by atoms with van der Waals surface area (Å²) in [6.45, 7) is 2.11. The number of hydrogen-bond donors (Lipinski definition) is 3. The second-order valence-electron chi connectivity index (χ2n) is 5.42. The molecule has 1 heterocycles. The van der Waals surface area contributed by atoms with Crippen LogP contribution in [0.4, 0.5) is 4.79 Å². The molecule has 2 rings (SSSR count). The largest absolute Gasteiger partial charge is 0.335 e. The highest BCUT2D eigenvalue weighted by Gasteiger charge is 2.23. The molecule has 3 amide bonds. The molecule has 7 nitrogen and oxygen atoms in total. The van der Waals surface area contributed by atoms with Crippen molar-refractivity contribution in [3.63, 3.8) is 0 Å². The van der Waals surface area contributed by atoms with E-state index in [0.717, 1.165) is 31.0 Å². The zero-order valence-corrected chi connectivity index (χ0v) is 13.2. The minimum Gasteiger partial charge on any atom is -0.335 e. The van der Waals surface area contributed by atoms with Gasteiger partial charge in [0.05, 0.1) is 5.75 Å². The van der Waals surface area contributed by atoms with Gasteiger partial charge in [-0.2, -0.15) is 0 Å². The first-order chi connectivity index (χ1) is 10.5. The van der Waals surface area contributed by atoms with Crippen molar-refractivity contribution in [3.05, 3.63) is 22.6 Å². The molecule has 0 radical (unpaired) electrons. The fourth-order valence-corrected chi connectivity index (χ4v) is 3.11. The van der Waals surface area contributed by atoms with Gasteiger partial charge in [0.2, 0.25) is 5.91 Å². The van der Waals surface area contributed by atoms with Gasteiger partial charge in [-0.05, 0) is 18.8 Å². The summed E-state index contributed by atoms with van der Waals surface area (Å²) >= 11 is 1.07. The highest BCUT2D eigenvalue weighted by Crippen LogP contribution is 2.23. The third-order valence-corrected chi connectivity index (χ3v) is 4.56. The van der Waals surface area contributed by atoms with Crippen LogP contribution in [0.15, 0.2) is 22.2 Å². The third-order valence-electron chi connectivity index (χ3n) is 3.67. The molecule has 1 fully saturated rings. The third kappa shape index (κ3) is 5.18. The van der Waals surface area contributed by atoms with Crippen LogP contribution in [0.2, 0.25) is 0 Å². The Balaban J connectivity index is 1.74. The van der Waals surface area contributed by atoms with Crippen LogP contribution in [0.5, 0.6) is 0 Å². The number of H-pyrrole nitrogens is 1. The maximum absolute atomic E-state index is 11.8. The number of carbonyl (C=O) groups excluding carboxylic acids is 2. The van der Waals surface area contributed by atoms with Crippen molar-refractivity contribution >= 4 is 23.7 Å². The number of carbonyl (C=O) groups is 2. The quantitative estimate of drug-likeness (QED) is 0.571. The molecule has 0 aromatic carbocycles. The molecule has 0 spiro atoms. The zero-order chi connectivity index (χ0) is 15.9. The number of imide groups is 1. The summed E-state index contributed by atoms with van der Waals surface area (Å²) in [5, 5.41) is 5.51. The van der Waals surface area contributed by atoms with E-state index in [1.807, 2.05) is 0 Å². The molecule has 1 saturated carbocycles. The Kier molecular flexibility index (Phi) is 6.00. The van der Waals surface area contributed by atoms with Crippen LogP contribution in [0.25, 0.3) is 0 Å². The van der Waals surface area contributed by atoms with Crippen molar-refractivity contribution in [1.29, 1.82) is 0 Å². The van der Waals surface area contributed by atoms with Crippen LogP contribution >= 0.6 is 11.8 Å². The van der Waals surface area contributed by atoms with Gasteiger partial charge >= 0.3 is 6.03 Å². The molecule has 2 atom stereocenters. The van der Waals surface area contributed by atoms with Crippen LogP contribution in [-0.4, -0.2) is 33.7 Å². The van der Waals surface area contributed by atoms with Gasteiger partial charge in [-0.1, -0.05) is 31.5 Å². The van der Waals surface area contributed by atoms with E-state index in [2.05, 4.69) is 27.5 Å². The first kappa shape index (κ1) is 16.5. The average molecular weight is 324 g/mol. The Labute approximate surface area is 132 Å². The summed E-state index contributed by atoms with van der Waals surface area (Å²) in [5.74, 6) is 0.0284. The summed E-state index contributed by atoms with van der Waals surface area (Å²) < 4.78 is 0. The molecule has 0 unspecified atom stereocenters. The number of hydrogen-bond acceptors (Lipinski definition) is 5. The topological polar surface area (TPSA) is 104 Å². The van der Waals surface area contributed by atoms with Crippen LogP contribution < -0.4 is 16.2 Å². The van der Waals surface area contributed by atoms with Crippen molar-refractivity contribution in [2.75, 3.05) is 5.75 Å². The van der Waals surface area contributed by atoms with Crippen molar-refractivity contribution in [3.8, 4) is 0 Å². The van der Waals surface area contributed by atoms with Gasteiger partial charge < -0.3 is 10.3 Å². The van der Waals surface area contributed by atoms with Gasteiger partial charge in [0.15, 0.2) is 5.16 Å². The lowest BCUT2D eigenvalue weighted by atomic mass is 9.86. The number of rotatable bonds is 4. The Morgan fingerprint density at radius 1 is 1.41 bits per heavy atom. The Bertz CT molecular complexity index is 589. The molecule has 0 aliphatic heterocycles. The van der Waals surface area contributed by atoms with E-state index in [9.17, 15) is 14.4 Å². The molecule has 0 bridgehead atoms. The number of urea groups is 1. The van der Waals surface area contributed by atoms with E-state index < -0.39 is 11.9 Å². The number of aromatic amines is 1. The fraction of sp³-hybridized carbons (Fsp3) is 0.571. The average Bonchev–Trinajstić information content (AvgIpc) is 2.47. The van der Waals surface area contributed by atoms with Crippen molar-refractivity contribution in [2.24, 2.45) is 5.92 Å². The van der Waals surface area contributed by atoms with E-state index >= 15 is 0 Å². The van der Waals surface area contributed by atoms with Crippen LogP contribution in [0.1, 0.15) is 32.6 Å². The Morgan fingerprint density at radius 3 is 2.91 bits per heavy atom. The van der Waals surface area contributed by atoms with Gasteiger partial charge in [0.1, 0.15) is 0 Å². The first-order valence-corrected chi connectivity index (χ1v) is 8.31. The minimum absolute atomic E-state index is 0.0145. The number of aromatic nitrogens is 2. The fourth-order valence-electron chi connectivity index (χ4n) is 2.46. The van der Waals surface area contributed by atoms with E-state index in [-0.39, 0.29) is 17.4 Å². The van der Waals surface area contributed by atoms with Crippen LogP contribution in [0, 0.1) is 5.92 Å². The van der Waals surface area contributed by atoms with E-state index in [4.69, 9.17) is 0 Å². The number of thioether (sulfide) groups is 1. The van der Waals surface area contributed by atoms with E-state index in [1.54, 1.807) is 0 Å². The SMILES string of the molecule is C[C@H]1CCCC[C@H]1NC(=O)NC(=O)CSc1nccc(=O)[nH]1. The monoisotopic (exact) mass is 324 g/mol. The highest BCUT2D eigenvalue weighted by atomic mass is 32.2. The standard InChI is InChI=1S/C14H20N4O3S/c1-9-4-2-3-5-10(9)16-13(21)17-12(20)8-22-14-15-7-6-11(19)18-14/h6-7,9-10H,2-5,8H2,1H3,(H,15,18,19)(H2,16,17,20,21)/t9-,10+/m0/s1. The predicted octanol–water partition coefficient (Wildman–Crippen LogP) is 1.27. The zero-order valence-electron chi connectivity index (χ0n) is 12.4. The summed E-state index contributed by atoms with van der Waals surface area (Å²) in [6.07, 6.45) is 5.72. The smallest absolute Gasteiger partial charge is 0.321 e. The molecule has 1 aromatic heterocycles. The Morgan fingerprint density at radius 2 is 2.18 bits per heavy atom. The normalized spacial score (nSPS) is 21.1. The lowest BCUT2D eigenvalue weighted by Crippen LogP contribution is -2.48. The molecule has 1 aliphatic carbocycles. The highest BCUT2D eigenvalue weighted by molar-refractivity contribution is 7.99. The van der Waals surface area contributed by atoms with Gasteiger partial charge in [-0.15, -0.1) is 0 Å². The Hall–Kier alpha value is -1.83. The van der Waals surface area contributed by atoms with E-state index in [1.165, 1.54) is 18.7 Å². The van der Waals surface area contributed by atoms with Crippen molar-refractivity contribution < 1.29 is 9.59 Å². The van der Waals surface area contributed by atoms with Gasteiger partial charge in [0, 0.05) is 18.3 Å². The van der Waals surface area contributed by atoms with Crippen LogP contribution in [0.3, 0.4) is 0 Å². The molecular weight excluding hydrogens is 304 g/mol. The summed E-state index contributed by atoms with van der Waals surface area (Å²) in [5.41, 5.74) is -0.276. The number of nitrogens with one attached hydrogen (secondary N) is 3.